The first-order chi connectivity index (χ1) is 9.61. The summed E-state index contributed by atoms with van der Waals surface area (Å²) in [5.74, 6) is -0.749. The summed E-state index contributed by atoms with van der Waals surface area (Å²) in [6.45, 7) is 2.02. The van der Waals surface area contributed by atoms with E-state index in [4.69, 9.17) is 4.74 Å². The predicted octanol–water partition coefficient (Wildman–Crippen LogP) is 3.33. The monoisotopic (exact) mass is 354 g/mol. The number of ether oxygens (including phenoxy) is 1. The van der Waals surface area contributed by atoms with Gasteiger partial charge in [0.1, 0.15) is 9.60 Å². The van der Waals surface area contributed by atoms with Crippen LogP contribution in [0.3, 0.4) is 0 Å². The number of anilines is 1. The molecule has 2 heterocycles. The molecular weight excluding hydrogens is 344 g/mol. The average Bonchev–Trinajstić information content (AvgIpc) is 2.87. The Bertz CT molecular complexity index is 642. The lowest BCUT2D eigenvalue weighted by Gasteiger charge is -2.06. The molecule has 1 N–H and O–H groups in total. The lowest BCUT2D eigenvalue weighted by molar-refractivity contribution is 0.0528. The van der Waals surface area contributed by atoms with Crippen molar-refractivity contribution in [2.24, 2.45) is 0 Å². The molecule has 0 saturated heterocycles. The van der Waals surface area contributed by atoms with E-state index in [0.29, 0.717) is 27.3 Å². The third-order valence-electron chi connectivity index (χ3n) is 2.38. The van der Waals surface area contributed by atoms with Crippen molar-refractivity contribution in [1.29, 1.82) is 0 Å². The van der Waals surface area contributed by atoms with Crippen LogP contribution in [-0.2, 0) is 4.74 Å². The Morgan fingerprint density at radius 2 is 2.25 bits per heavy atom. The maximum atomic E-state index is 12.1. The molecule has 0 aliphatic carbocycles. The van der Waals surface area contributed by atoms with Gasteiger partial charge in [-0.3, -0.25) is 4.79 Å². The van der Waals surface area contributed by atoms with E-state index in [0.717, 1.165) is 0 Å². The Kier molecular flexibility index (Phi) is 4.86. The number of carbonyl (C=O) groups excluding carboxylic acids is 2. The highest BCUT2D eigenvalue weighted by molar-refractivity contribution is 9.10. The summed E-state index contributed by atoms with van der Waals surface area (Å²) in [5.41, 5.74) is 0.813. The van der Waals surface area contributed by atoms with Gasteiger partial charge in [0.05, 0.1) is 12.2 Å². The second-order valence-electron chi connectivity index (χ2n) is 3.71. The number of carbonyl (C=O) groups is 2. The molecule has 7 heteroatoms. The topological polar surface area (TPSA) is 68.3 Å². The van der Waals surface area contributed by atoms with Crippen LogP contribution in [0.5, 0.6) is 0 Å². The van der Waals surface area contributed by atoms with Crippen LogP contribution in [0.4, 0.5) is 5.00 Å². The molecule has 104 valence electrons. The van der Waals surface area contributed by atoms with Crippen LogP contribution in [0.25, 0.3) is 0 Å². The van der Waals surface area contributed by atoms with Gasteiger partial charge in [0.15, 0.2) is 0 Å². The van der Waals surface area contributed by atoms with E-state index in [1.54, 1.807) is 30.5 Å². The maximum Gasteiger partial charge on any atom is 0.341 e. The molecule has 0 radical (unpaired) electrons. The molecule has 5 nitrogen and oxygen atoms in total. The van der Waals surface area contributed by atoms with Gasteiger partial charge in [-0.15, -0.1) is 11.3 Å². The highest BCUT2D eigenvalue weighted by Gasteiger charge is 2.16. The Morgan fingerprint density at radius 1 is 1.45 bits per heavy atom. The summed E-state index contributed by atoms with van der Waals surface area (Å²) in [6.07, 6.45) is 1.53. The largest absolute Gasteiger partial charge is 0.462 e. The van der Waals surface area contributed by atoms with Gasteiger partial charge in [-0.2, -0.15) is 0 Å². The number of pyridine rings is 1. The number of aromatic nitrogens is 1. The summed E-state index contributed by atoms with van der Waals surface area (Å²) >= 11 is 4.47. The van der Waals surface area contributed by atoms with Gasteiger partial charge in [0.25, 0.3) is 5.91 Å². The molecule has 2 aromatic heterocycles. The lowest BCUT2D eigenvalue weighted by atomic mass is 10.2. The summed E-state index contributed by atoms with van der Waals surface area (Å²) in [5, 5.41) is 4.90. The van der Waals surface area contributed by atoms with Crippen molar-refractivity contribution >= 4 is 44.1 Å². The highest BCUT2D eigenvalue weighted by atomic mass is 79.9. The van der Waals surface area contributed by atoms with Gasteiger partial charge in [0.2, 0.25) is 0 Å². The number of hydrogen-bond acceptors (Lipinski definition) is 5. The van der Waals surface area contributed by atoms with E-state index in [-0.39, 0.29) is 5.91 Å². The van der Waals surface area contributed by atoms with E-state index in [2.05, 4.69) is 26.2 Å². The van der Waals surface area contributed by atoms with Crippen LogP contribution in [0, 0.1) is 0 Å². The number of halogens is 1. The number of thiophene rings is 1. The van der Waals surface area contributed by atoms with Gasteiger partial charge in [-0.05, 0) is 46.4 Å². The Labute approximate surface area is 128 Å². The van der Waals surface area contributed by atoms with Gasteiger partial charge in [0, 0.05) is 11.8 Å². The molecule has 0 aromatic carbocycles. The zero-order valence-electron chi connectivity index (χ0n) is 10.6. The number of amides is 1. The lowest BCUT2D eigenvalue weighted by Crippen LogP contribution is -2.14. The van der Waals surface area contributed by atoms with Crippen LogP contribution in [-0.4, -0.2) is 23.5 Å². The van der Waals surface area contributed by atoms with Crippen LogP contribution >= 0.6 is 27.3 Å². The Hall–Kier alpha value is -1.73. The zero-order chi connectivity index (χ0) is 14.5. The molecule has 2 rings (SSSR count). The van der Waals surface area contributed by atoms with Crippen molar-refractivity contribution in [3.63, 3.8) is 0 Å². The van der Waals surface area contributed by atoms with Crippen molar-refractivity contribution in [3.05, 3.63) is 45.5 Å². The molecule has 2 aromatic rings. The van der Waals surface area contributed by atoms with Gasteiger partial charge in [-0.1, -0.05) is 0 Å². The van der Waals surface area contributed by atoms with E-state index in [1.165, 1.54) is 17.5 Å². The molecule has 20 heavy (non-hydrogen) atoms. The van der Waals surface area contributed by atoms with Gasteiger partial charge in [-0.25, -0.2) is 9.78 Å². The van der Waals surface area contributed by atoms with Gasteiger partial charge < -0.3 is 10.1 Å². The number of hydrogen-bond donors (Lipinski definition) is 1. The first kappa shape index (κ1) is 14.7. The van der Waals surface area contributed by atoms with Crippen molar-refractivity contribution < 1.29 is 14.3 Å². The molecule has 0 atom stereocenters. The minimum Gasteiger partial charge on any atom is -0.462 e. The Morgan fingerprint density at radius 3 is 2.95 bits per heavy atom. The van der Waals surface area contributed by atoms with Crippen molar-refractivity contribution in [3.8, 4) is 0 Å². The summed E-state index contributed by atoms with van der Waals surface area (Å²) in [4.78, 5) is 27.8. The van der Waals surface area contributed by atoms with Crippen molar-refractivity contribution in [2.75, 3.05) is 11.9 Å². The summed E-state index contributed by atoms with van der Waals surface area (Å²) in [7, 11) is 0. The van der Waals surface area contributed by atoms with E-state index < -0.39 is 5.97 Å². The first-order valence-electron chi connectivity index (χ1n) is 5.79. The minimum absolute atomic E-state index is 0.291. The third kappa shape index (κ3) is 3.43. The molecule has 0 bridgehead atoms. The van der Waals surface area contributed by atoms with Crippen molar-refractivity contribution in [2.45, 2.75) is 6.92 Å². The average molecular weight is 355 g/mol. The van der Waals surface area contributed by atoms with Crippen LogP contribution in [0.1, 0.15) is 27.6 Å². The van der Waals surface area contributed by atoms with E-state index in [9.17, 15) is 9.59 Å². The van der Waals surface area contributed by atoms with Crippen LogP contribution < -0.4 is 5.32 Å². The van der Waals surface area contributed by atoms with Crippen molar-refractivity contribution in [1.82, 2.24) is 4.98 Å². The summed E-state index contributed by atoms with van der Waals surface area (Å²) < 4.78 is 5.50. The molecule has 0 aliphatic rings. The first-order valence-corrected chi connectivity index (χ1v) is 7.46. The second-order valence-corrected chi connectivity index (χ2v) is 5.43. The molecule has 0 fully saturated rings. The molecule has 1 amide bonds. The SMILES string of the molecule is CCOC(=O)c1ccsc1NC(=O)c1ccnc(Br)c1. The number of rotatable bonds is 4. The fourth-order valence-corrected chi connectivity index (χ4v) is 2.63. The normalized spacial score (nSPS) is 10.1. The molecule has 0 saturated carbocycles. The highest BCUT2D eigenvalue weighted by Crippen LogP contribution is 2.24. The second kappa shape index (κ2) is 6.62. The summed E-state index contributed by atoms with van der Waals surface area (Å²) in [6, 6.07) is 4.82. The number of nitrogens with one attached hydrogen (secondary N) is 1. The zero-order valence-corrected chi connectivity index (χ0v) is 13.0. The molecule has 0 spiro atoms. The van der Waals surface area contributed by atoms with Gasteiger partial charge >= 0.3 is 5.97 Å². The maximum absolute atomic E-state index is 12.1. The van der Waals surface area contributed by atoms with E-state index >= 15 is 0 Å². The Balaban J connectivity index is 2.16. The fraction of sp³-hybridized carbons (Fsp3) is 0.154. The predicted molar refractivity (Wildman–Crippen MR) is 80.2 cm³/mol. The van der Waals surface area contributed by atoms with Crippen LogP contribution in [0.2, 0.25) is 0 Å². The minimum atomic E-state index is -0.444. The smallest absolute Gasteiger partial charge is 0.341 e. The number of esters is 1. The number of nitrogens with zero attached hydrogens (tertiary/aromatic N) is 1. The third-order valence-corrected chi connectivity index (χ3v) is 3.64. The fourth-order valence-electron chi connectivity index (χ4n) is 1.49. The quantitative estimate of drug-likeness (QED) is 0.675. The van der Waals surface area contributed by atoms with E-state index in [1.807, 2.05) is 0 Å². The molecule has 0 unspecified atom stereocenters. The molecule has 0 aliphatic heterocycles. The molecular formula is C13H11BrN2O3S. The standard InChI is InChI=1S/C13H11BrN2O3S/c1-2-19-13(18)9-4-6-20-12(9)16-11(17)8-3-5-15-10(14)7-8/h3-7H,2H2,1H3,(H,16,17). The van der Waals surface area contributed by atoms with Crippen LogP contribution in [0.15, 0.2) is 34.4 Å².